The van der Waals surface area contributed by atoms with E-state index in [0.717, 1.165) is 36.2 Å². The monoisotopic (exact) mass is 494 g/mol. The van der Waals surface area contributed by atoms with Crippen molar-refractivity contribution in [3.05, 3.63) is 68.8 Å². The second-order valence-electron chi connectivity index (χ2n) is 7.52. The Balaban J connectivity index is 1.78. The molecule has 1 N–H and O–H groups in total. The summed E-state index contributed by atoms with van der Waals surface area (Å²) in [6.45, 7) is 3.36. The van der Waals surface area contributed by atoms with Crippen LogP contribution < -0.4 is 5.43 Å². The van der Waals surface area contributed by atoms with Crippen LogP contribution in [0.3, 0.4) is 0 Å². The van der Waals surface area contributed by atoms with Gasteiger partial charge in [0.25, 0.3) is 5.91 Å². The zero-order valence-corrected chi connectivity index (χ0v) is 19.9. The molecule has 4 rings (SSSR count). The lowest BCUT2D eigenvalue weighted by Gasteiger charge is -2.30. The lowest BCUT2D eigenvalue weighted by Crippen LogP contribution is -2.48. The summed E-state index contributed by atoms with van der Waals surface area (Å²) in [6, 6.07) is 12.6. The molecule has 1 saturated heterocycles. The van der Waals surface area contributed by atoms with Crippen molar-refractivity contribution >= 4 is 53.3 Å². The van der Waals surface area contributed by atoms with E-state index in [0.29, 0.717) is 33.0 Å². The van der Waals surface area contributed by atoms with Crippen molar-refractivity contribution in [2.45, 2.75) is 25.0 Å². The molecule has 0 saturated carbocycles. The normalized spacial score (nSPS) is 17.0. The fourth-order valence-electron chi connectivity index (χ4n) is 3.74. The van der Waals surface area contributed by atoms with E-state index in [-0.39, 0.29) is 11.2 Å². The molecule has 1 atom stereocenters. The van der Waals surface area contributed by atoms with Crippen molar-refractivity contribution in [2.24, 2.45) is 0 Å². The molecule has 0 spiro atoms. The minimum absolute atomic E-state index is 0.241. The first kappa shape index (κ1) is 22.5. The Morgan fingerprint density at radius 2 is 1.84 bits per heavy atom. The van der Waals surface area contributed by atoms with Gasteiger partial charge in [0.15, 0.2) is 5.69 Å². The van der Waals surface area contributed by atoms with Crippen LogP contribution >= 0.6 is 47.4 Å². The second-order valence-corrected chi connectivity index (χ2v) is 9.53. The van der Waals surface area contributed by atoms with Gasteiger partial charge in [0.05, 0.1) is 16.4 Å². The molecule has 2 aromatic carbocycles. The van der Waals surface area contributed by atoms with Crippen LogP contribution in [0.1, 0.15) is 28.9 Å². The number of piperidine rings is 1. The summed E-state index contributed by atoms with van der Waals surface area (Å²) < 4.78 is 1.68. The number of hydrazine groups is 1. The van der Waals surface area contributed by atoms with E-state index in [1.165, 1.54) is 0 Å². The van der Waals surface area contributed by atoms with Crippen LogP contribution in [-0.2, 0) is 0 Å². The number of nitrogens with zero attached hydrogens (tertiary/aromatic N) is 3. The van der Waals surface area contributed by atoms with Crippen LogP contribution in [0.4, 0.5) is 0 Å². The zero-order chi connectivity index (χ0) is 22.1. The lowest BCUT2D eigenvalue weighted by atomic mass is 10.1. The summed E-state index contributed by atoms with van der Waals surface area (Å²) in [6.07, 6.45) is 2.02. The fourth-order valence-corrected chi connectivity index (χ4v) is 4.73. The summed E-state index contributed by atoms with van der Waals surface area (Å²) in [4.78, 5) is 13.1. The molecule has 9 heteroatoms. The molecule has 162 valence electrons. The molecule has 31 heavy (non-hydrogen) atoms. The number of halogens is 3. The molecular formula is C22H21Cl3N4OS. The highest BCUT2D eigenvalue weighted by Gasteiger charge is 2.26. The maximum atomic E-state index is 13.1. The first-order valence-electron chi connectivity index (χ1n) is 9.88. The standard InChI is InChI=1S/C22H21Cl3N4OS/c1-13-20(22(30)27-28-10-2-3-17(31)12-28)26-29(19-9-8-16(24)11-18(19)25)21(13)14-4-6-15(23)7-5-14/h4-9,11,17,31H,2-3,10,12H2,1H3,(H,27,30). The summed E-state index contributed by atoms with van der Waals surface area (Å²) in [5.41, 5.74) is 6.31. The molecular weight excluding hydrogens is 475 g/mol. The molecule has 2 heterocycles. The number of thiol groups is 1. The Kier molecular flexibility index (Phi) is 6.84. The van der Waals surface area contributed by atoms with Gasteiger partial charge in [-0.15, -0.1) is 0 Å². The predicted molar refractivity (Wildman–Crippen MR) is 130 cm³/mol. The number of aromatic nitrogens is 2. The maximum absolute atomic E-state index is 13.1. The molecule has 0 aliphatic carbocycles. The number of benzene rings is 2. The van der Waals surface area contributed by atoms with Crippen molar-refractivity contribution < 1.29 is 4.79 Å². The van der Waals surface area contributed by atoms with E-state index < -0.39 is 0 Å². The second kappa shape index (κ2) is 9.43. The summed E-state index contributed by atoms with van der Waals surface area (Å²) in [5, 5.41) is 8.38. The van der Waals surface area contributed by atoms with Crippen LogP contribution in [0.5, 0.6) is 0 Å². The topological polar surface area (TPSA) is 50.2 Å². The zero-order valence-electron chi connectivity index (χ0n) is 16.8. The Bertz CT molecular complexity index is 1120. The molecule has 5 nitrogen and oxygen atoms in total. The third kappa shape index (κ3) is 4.89. The molecule has 1 fully saturated rings. The molecule has 1 aliphatic heterocycles. The number of carbonyl (C=O) groups excluding carboxylic acids is 1. The Hall–Kier alpha value is -1.70. The lowest BCUT2D eigenvalue weighted by molar-refractivity contribution is 0.0750. The van der Waals surface area contributed by atoms with Gasteiger partial charge >= 0.3 is 0 Å². The van der Waals surface area contributed by atoms with Crippen molar-refractivity contribution in [1.29, 1.82) is 0 Å². The van der Waals surface area contributed by atoms with E-state index in [1.807, 2.05) is 24.1 Å². The van der Waals surface area contributed by atoms with Crippen LogP contribution in [-0.4, -0.2) is 39.0 Å². The number of rotatable bonds is 4. The summed E-state index contributed by atoms with van der Waals surface area (Å²) >= 11 is 23.2. The smallest absolute Gasteiger partial charge is 0.283 e. The molecule has 1 aliphatic rings. The summed E-state index contributed by atoms with van der Waals surface area (Å²) in [5.74, 6) is -0.265. The van der Waals surface area contributed by atoms with Gasteiger partial charge < -0.3 is 0 Å². The van der Waals surface area contributed by atoms with Gasteiger partial charge in [-0.2, -0.15) is 17.7 Å². The van der Waals surface area contributed by atoms with Crippen LogP contribution in [0.15, 0.2) is 42.5 Å². The predicted octanol–water partition coefficient (Wildman–Crippen LogP) is 5.85. The first-order chi connectivity index (χ1) is 14.8. The van der Waals surface area contributed by atoms with Gasteiger partial charge in [-0.1, -0.05) is 46.9 Å². The van der Waals surface area contributed by atoms with E-state index in [4.69, 9.17) is 34.8 Å². The van der Waals surface area contributed by atoms with E-state index >= 15 is 0 Å². The average Bonchev–Trinajstić information content (AvgIpc) is 3.06. The molecule has 1 unspecified atom stereocenters. The van der Waals surface area contributed by atoms with Gasteiger partial charge in [0, 0.05) is 39.5 Å². The van der Waals surface area contributed by atoms with Crippen molar-refractivity contribution in [3.63, 3.8) is 0 Å². The highest BCUT2D eigenvalue weighted by molar-refractivity contribution is 7.81. The Morgan fingerprint density at radius 3 is 2.52 bits per heavy atom. The average molecular weight is 496 g/mol. The van der Waals surface area contributed by atoms with Gasteiger partial charge in [0.1, 0.15) is 0 Å². The number of hydrogen-bond donors (Lipinski definition) is 2. The van der Waals surface area contributed by atoms with E-state index in [1.54, 1.807) is 35.0 Å². The SMILES string of the molecule is Cc1c(C(=O)NN2CCCC(S)C2)nn(-c2ccc(Cl)cc2Cl)c1-c1ccc(Cl)cc1. The minimum atomic E-state index is -0.265. The molecule has 0 radical (unpaired) electrons. The Morgan fingerprint density at radius 1 is 1.13 bits per heavy atom. The third-order valence-electron chi connectivity index (χ3n) is 5.25. The number of carbonyl (C=O) groups is 1. The third-order valence-corrected chi connectivity index (χ3v) is 6.46. The van der Waals surface area contributed by atoms with E-state index in [2.05, 4.69) is 23.2 Å². The largest absolute Gasteiger partial charge is 0.286 e. The number of nitrogens with one attached hydrogen (secondary N) is 1. The van der Waals surface area contributed by atoms with Crippen molar-refractivity contribution in [2.75, 3.05) is 13.1 Å². The van der Waals surface area contributed by atoms with Gasteiger partial charge in [-0.3, -0.25) is 10.2 Å². The highest BCUT2D eigenvalue weighted by atomic mass is 35.5. The fraction of sp³-hybridized carbons (Fsp3) is 0.273. The molecule has 3 aromatic rings. The maximum Gasteiger partial charge on any atom is 0.286 e. The number of amides is 1. The molecule has 1 aromatic heterocycles. The number of hydrogen-bond acceptors (Lipinski definition) is 4. The molecule has 0 bridgehead atoms. The van der Waals surface area contributed by atoms with E-state index in [9.17, 15) is 4.79 Å². The Labute approximate surface area is 201 Å². The van der Waals surface area contributed by atoms with Gasteiger partial charge in [-0.05, 0) is 50.1 Å². The molecule has 1 amide bonds. The quantitative estimate of drug-likeness (QED) is 0.447. The van der Waals surface area contributed by atoms with Crippen molar-refractivity contribution in [3.8, 4) is 16.9 Å². The van der Waals surface area contributed by atoms with Gasteiger partial charge in [-0.25, -0.2) is 9.69 Å². The van der Waals surface area contributed by atoms with Gasteiger partial charge in [0.2, 0.25) is 0 Å². The highest BCUT2D eigenvalue weighted by Crippen LogP contribution is 2.33. The van der Waals surface area contributed by atoms with Crippen LogP contribution in [0.25, 0.3) is 16.9 Å². The van der Waals surface area contributed by atoms with Crippen molar-refractivity contribution in [1.82, 2.24) is 20.2 Å². The summed E-state index contributed by atoms with van der Waals surface area (Å²) in [7, 11) is 0. The van der Waals surface area contributed by atoms with Crippen LogP contribution in [0.2, 0.25) is 15.1 Å². The first-order valence-corrected chi connectivity index (χ1v) is 11.5. The minimum Gasteiger partial charge on any atom is -0.283 e. The van der Waals surface area contributed by atoms with Crippen LogP contribution in [0, 0.1) is 6.92 Å².